The van der Waals surface area contributed by atoms with E-state index in [1.165, 1.54) is 0 Å². The number of anilines is 1. The predicted octanol–water partition coefficient (Wildman–Crippen LogP) is 2.37. The van der Waals surface area contributed by atoms with E-state index in [4.69, 9.17) is 5.11 Å². The summed E-state index contributed by atoms with van der Waals surface area (Å²) in [6.45, 7) is 2.39. The van der Waals surface area contributed by atoms with Crippen molar-refractivity contribution in [2.24, 2.45) is 5.92 Å². The van der Waals surface area contributed by atoms with Gasteiger partial charge in [0, 0.05) is 36.9 Å². The Hall–Kier alpha value is -1.82. The van der Waals surface area contributed by atoms with E-state index in [1.54, 1.807) is 13.1 Å². The summed E-state index contributed by atoms with van der Waals surface area (Å²) >= 11 is 3.37. The third kappa shape index (κ3) is 5.23. The average molecular weight is 355 g/mol. The molecule has 0 saturated heterocycles. The number of rotatable bonds is 6. The van der Waals surface area contributed by atoms with Gasteiger partial charge >= 0.3 is 5.97 Å². The van der Waals surface area contributed by atoms with Crippen LogP contribution >= 0.6 is 15.9 Å². The van der Waals surface area contributed by atoms with Crippen LogP contribution in [0.25, 0.3) is 6.08 Å². The molecule has 2 N–H and O–H groups in total. The highest BCUT2D eigenvalue weighted by molar-refractivity contribution is 9.10. The Bertz CT molecular complexity index is 558. The maximum absolute atomic E-state index is 11.6. The van der Waals surface area contributed by atoms with Crippen molar-refractivity contribution >= 4 is 39.6 Å². The molecule has 1 atom stereocenters. The van der Waals surface area contributed by atoms with Crippen LogP contribution in [0.2, 0.25) is 0 Å². The third-order valence-corrected chi connectivity index (χ3v) is 3.54. The first-order valence-electron chi connectivity index (χ1n) is 6.48. The van der Waals surface area contributed by atoms with E-state index < -0.39 is 5.97 Å². The lowest BCUT2D eigenvalue weighted by Crippen LogP contribution is -2.34. The molecule has 0 aliphatic rings. The van der Waals surface area contributed by atoms with Crippen molar-refractivity contribution in [3.8, 4) is 0 Å². The minimum Gasteiger partial charge on any atom is -0.478 e. The number of aliphatic carboxylic acids is 1. The maximum atomic E-state index is 11.6. The Labute approximate surface area is 132 Å². The molecule has 21 heavy (non-hydrogen) atoms. The van der Waals surface area contributed by atoms with Gasteiger partial charge in [-0.1, -0.05) is 22.9 Å². The van der Waals surface area contributed by atoms with Crippen LogP contribution in [0.4, 0.5) is 5.69 Å². The number of carboxylic acid groups (broad SMARTS) is 1. The van der Waals surface area contributed by atoms with Crippen molar-refractivity contribution in [2.75, 3.05) is 25.5 Å². The summed E-state index contributed by atoms with van der Waals surface area (Å²) in [5.74, 6) is -1.19. The van der Waals surface area contributed by atoms with Gasteiger partial charge in [0.2, 0.25) is 5.91 Å². The number of carbonyl (C=O) groups excluding carboxylic acids is 1. The molecule has 6 heteroatoms. The van der Waals surface area contributed by atoms with Gasteiger partial charge in [-0.05, 0) is 29.8 Å². The number of hydrogen-bond acceptors (Lipinski definition) is 3. The molecule has 0 fully saturated rings. The van der Waals surface area contributed by atoms with Crippen LogP contribution in [0.1, 0.15) is 12.5 Å². The molecule has 114 valence electrons. The lowest BCUT2D eigenvalue weighted by molar-refractivity contribution is -0.131. The number of benzene rings is 1. The van der Waals surface area contributed by atoms with Gasteiger partial charge in [-0.2, -0.15) is 0 Å². The monoisotopic (exact) mass is 354 g/mol. The predicted molar refractivity (Wildman–Crippen MR) is 87.3 cm³/mol. The Morgan fingerprint density at radius 2 is 2.14 bits per heavy atom. The summed E-state index contributed by atoms with van der Waals surface area (Å²) in [6, 6.07) is 5.62. The molecular formula is C15H19BrN2O3. The van der Waals surface area contributed by atoms with Crippen molar-refractivity contribution in [1.82, 2.24) is 5.32 Å². The van der Waals surface area contributed by atoms with Crippen LogP contribution in [-0.2, 0) is 9.59 Å². The van der Waals surface area contributed by atoms with Crippen molar-refractivity contribution in [3.63, 3.8) is 0 Å². The van der Waals surface area contributed by atoms with Crippen molar-refractivity contribution < 1.29 is 14.7 Å². The smallest absolute Gasteiger partial charge is 0.328 e. The molecule has 0 spiro atoms. The van der Waals surface area contributed by atoms with Gasteiger partial charge in [0.25, 0.3) is 0 Å². The Morgan fingerprint density at radius 3 is 2.71 bits per heavy atom. The summed E-state index contributed by atoms with van der Waals surface area (Å²) in [5.41, 5.74) is 1.64. The molecule has 1 amide bonds. The number of nitrogens with one attached hydrogen (secondary N) is 1. The van der Waals surface area contributed by atoms with Gasteiger partial charge in [0.05, 0.1) is 5.92 Å². The van der Waals surface area contributed by atoms with Crippen LogP contribution < -0.4 is 10.2 Å². The van der Waals surface area contributed by atoms with Crippen molar-refractivity contribution in [2.45, 2.75) is 6.92 Å². The number of halogens is 1. The second-order valence-corrected chi connectivity index (χ2v) is 5.69. The molecule has 0 saturated carbocycles. The van der Waals surface area contributed by atoms with Crippen LogP contribution in [-0.4, -0.2) is 37.6 Å². The number of carbonyl (C=O) groups is 2. The van der Waals surface area contributed by atoms with E-state index in [0.29, 0.717) is 6.54 Å². The number of carboxylic acids is 1. The molecule has 1 unspecified atom stereocenters. The number of amides is 1. The van der Waals surface area contributed by atoms with Crippen molar-refractivity contribution in [1.29, 1.82) is 0 Å². The van der Waals surface area contributed by atoms with E-state index in [2.05, 4.69) is 21.2 Å². The second kappa shape index (κ2) is 7.83. The summed E-state index contributed by atoms with van der Waals surface area (Å²) in [4.78, 5) is 24.2. The van der Waals surface area contributed by atoms with Crippen LogP contribution in [0, 0.1) is 5.92 Å². The van der Waals surface area contributed by atoms with E-state index >= 15 is 0 Å². The van der Waals surface area contributed by atoms with Gasteiger partial charge in [0.15, 0.2) is 0 Å². The molecule has 0 heterocycles. The van der Waals surface area contributed by atoms with Gasteiger partial charge < -0.3 is 15.3 Å². The zero-order chi connectivity index (χ0) is 16.0. The average Bonchev–Trinajstić information content (AvgIpc) is 2.43. The van der Waals surface area contributed by atoms with E-state index in [1.807, 2.05) is 37.1 Å². The SMILES string of the molecule is CNC(=O)C(C)CN(C)c1ccc(Br)cc1/C=C/C(=O)O. The highest BCUT2D eigenvalue weighted by Crippen LogP contribution is 2.25. The molecule has 1 rings (SSSR count). The topological polar surface area (TPSA) is 69.6 Å². The molecule has 0 radical (unpaired) electrons. The highest BCUT2D eigenvalue weighted by Gasteiger charge is 2.15. The summed E-state index contributed by atoms with van der Waals surface area (Å²) in [7, 11) is 3.49. The standard InChI is InChI=1S/C15H19BrN2O3/c1-10(15(21)17-2)9-18(3)13-6-5-12(16)8-11(13)4-7-14(19)20/h4-8,10H,9H2,1-3H3,(H,17,21)(H,19,20)/b7-4+. The Balaban J connectivity index is 3.00. The van der Waals surface area contributed by atoms with Gasteiger partial charge in [-0.3, -0.25) is 4.79 Å². The zero-order valence-corrected chi connectivity index (χ0v) is 13.8. The first-order valence-corrected chi connectivity index (χ1v) is 7.27. The highest BCUT2D eigenvalue weighted by atomic mass is 79.9. The quantitative estimate of drug-likeness (QED) is 0.769. The Morgan fingerprint density at radius 1 is 1.48 bits per heavy atom. The number of hydrogen-bond donors (Lipinski definition) is 2. The largest absolute Gasteiger partial charge is 0.478 e. The molecular weight excluding hydrogens is 336 g/mol. The van der Waals surface area contributed by atoms with E-state index in [-0.39, 0.29) is 11.8 Å². The second-order valence-electron chi connectivity index (χ2n) is 4.77. The maximum Gasteiger partial charge on any atom is 0.328 e. The first kappa shape index (κ1) is 17.2. The lowest BCUT2D eigenvalue weighted by Gasteiger charge is -2.24. The molecule has 0 aliphatic heterocycles. The Kier molecular flexibility index (Phi) is 6.42. The summed E-state index contributed by atoms with van der Waals surface area (Å²) < 4.78 is 0.865. The minimum absolute atomic E-state index is 0.0263. The van der Waals surface area contributed by atoms with Crippen LogP contribution in [0.5, 0.6) is 0 Å². The first-order chi connectivity index (χ1) is 9.85. The summed E-state index contributed by atoms with van der Waals surface area (Å²) in [6.07, 6.45) is 2.64. The fraction of sp³-hybridized carbons (Fsp3) is 0.333. The molecule has 0 bridgehead atoms. The molecule has 5 nitrogen and oxygen atoms in total. The zero-order valence-electron chi connectivity index (χ0n) is 12.3. The summed E-state index contributed by atoms with van der Waals surface area (Å²) in [5, 5.41) is 11.4. The third-order valence-electron chi connectivity index (χ3n) is 3.05. The van der Waals surface area contributed by atoms with Gasteiger partial charge in [-0.15, -0.1) is 0 Å². The lowest BCUT2D eigenvalue weighted by atomic mass is 10.1. The van der Waals surface area contributed by atoms with Gasteiger partial charge in [-0.25, -0.2) is 4.79 Å². The molecule has 0 aromatic heterocycles. The van der Waals surface area contributed by atoms with Crippen molar-refractivity contribution in [3.05, 3.63) is 34.3 Å². The minimum atomic E-state index is -0.998. The molecule has 1 aromatic rings. The molecule has 0 aliphatic carbocycles. The fourth-order valence-electron chi connectivity index (χ4n) is 2.01. The van der Waals surface area contributed by atoms with E-state index in [0.717, 1.165) is 21.8 Å². The normalized spacial score (nSPS) is 12.2. The fourth-order valence-corrected chi connectivity index (χ4v) is 2.38. The van der Waals surface area contributed by atoms with E-state index in [9.17, 15) is 9.59 Å². The van der Waals surface area contributed by atoms with Crippen LogP contribution in [0.15, 0.2) is 28.7 Å². The van der Waals surface area contributed by atoms with Crippen LogP contribution in [0.3, 0.4) is 0 Å². The molecule has 1 aromatic carbocycles. The number of nitrogens with zero attached hydrogens (tertiary/aromatic N) is 1. The van der Waals surface area contributed by atoms with Gasteiger partial charge in [0.1, 0.15) is 0 Å².